The molecule has 2 aromatic heterocycles. The molecular formula is C5H5N5OS. The lowest BCUT2D eigenvalue weighted by molar-refractivity contribution is 1.17. The Balaban J connectivity index is 2.84. The van der Waals surface area contributed by atoms with E-state index in [1.807, 2.05) is 0 Å². The van der Waals surface area contributed by atoms with E-state index in [0.29, 0.717) is 11.2 Å². The van der Waals surface area contributed by atoms with Gasteiger partial charge in [-0.3, -0.25) is 9.78 Å². The molecule has 0 spiro atoms. The first-order valence-electron chi connectivity index (χ1n) is 3.15. The van der Waals surface area contributed by atoms with E-state index in [-0.39, 0.29) is 11.5 Å². The molecule has 3 N–H and O–H groups in total. The van der Waals surface area contributed by atoms with E-state index in [9.17, 15) is 4.79 Å². The minimum atomic E-state index is -0.269. The number of fused-ring (bicyclic) bond motifs is 1. The lowest BCUT2D eigenvalue weighted by atomic mass is 10.5. The Morgan fingerprint density at radius 1 is 1.58 bits per heavy atom. The molecule has 62 valence electrons. The molecule has 2 heterocycles. The topological polar surface area (TPSA) is 86.5 Å². The van der Waals surface area contributed by atoms with E-state index in [4.69, 9.17) is 0 Å². The van der Waals surface area contributed by atoms with Crippen LogP contribution >= 0.6 is 12.8 Å². The summed E-state index contributed by atoms with van der Waals surface area (Å²) >= 11 is 3.74. The average Bonchev–Trinajstić information content (AvgIpc) is 2.52. The predicted octanol–water partition coefficient (Wildman–Crippen LogP) is -0.0971. The Labute approximate surface area is 72.0 Å². The van der Waals surface area contributed by atoms with Crippen LogP contribution in [0.15, 0.2) is 11.1 Å². The number of aromatic amines is 2. The van der Waals surface area contributed by atoms with Crippen LogP contribution in [0, 0.1) is 0 Å². The van der Waals surface area contributed by atoms with E-state index >= 15 is 0 Å². The van der Waals surface area contributed by atoms with Crippen LogP contribution < -0.4 is 10.3 Å². The highest BCUT2D eigenvalue weighted by Gasteiger charge is 2.03. The number of thiol groups is 1. The molecule has 0 atom stereocenters. The van der Waals surface area contributed by atoms with Gasteiger partial charge in [-0.2, -0.15) is 4.98 Å². The number of anilines is 1. The summed E-state index contributed by atoms with van der Waals surface area (Å²) in [6.45, 7) is 0. The Morgan fingerprint density at radius 3 is 3.17 bits per heavy atom. The van der Waals surface area contributed by atoms with Crippen molar-refractivity contribution in [3.05, 3.63) is 16.7 Å². The number of nitrogens with zero attached hydrogens (tertiary/aromatic N) is 2. The molecule has 0 aliphatic carbocycles. The van der Waals surface area contributed by atoms with E-state index in [1.54, 1.807) is 0 Å². The van der Waals surface area contributed by atoms with Crippen molar-refractivity contribution in [2.75, 3.05) is 4.72 Å². The summed E-state index contributed by atoms with van der Waals surface area (Å²) in [5.41, 5.74) is 0.465. The second-order valence-corrected chi connectivity index (χ2v) is 2.35. The summed E-state index contributed by atoms with van der Waals surface area (Å²) in [7, 11) is 0. The molecular weight excluding hydrogens is 178 g/mol. The summed E-state index contributed by atoms with van der Waals surface area (Å²) in [5, 5.41) is 0. The van der Waals surface area contributed by atoms with Crippen LogP contribution in [-0.2, 0) is 0 Å². The van der Waals surface area contributed by atoms with Crippen LogP contribution in [0.3, 0.4) is 0 Å². The van der Waals surface area contributed by atoms with Crippen LogP contribution in [0.25, 0.3) is 11.2 Å². The molecule has 2 aromatic rings. The molecule has 0 saturated carbocycles. The van der Waals surface area contributed by atoms with Crippen LogP contribution in [0.2, 0.25) is 0 Å². The summed E-state index contributed by atoms with van der Waals surface area (Å²) in [5.74, 6) is 0.280. The predicted molar refractivity (Wildman–Crippen MR) is 47.1 cm³/mol. The summed E-state index contributed by atoms with van der Waals surface area (Å²) in [4.78, 5) is 24.1. The largest absolute Gasteiger partial charge is 0.339 e. The van der Waals surface area contributed by atoms with Gasteiger partial charge in [-0.25, -0.2) is 4.98 Å². The van der Waals surface area contributed by atoms with Gasteiger partial charge in [-0.15, -0.1) is 0 Å². The minimum Gasteiger partial charge on any atom is -0.339 e. The van der Waals surface area contributed by atoms with Crippen LogP contribution in [0.5, 0.6) is 0 Å². The molecule has 0 bridgehead atoms. The number of hydrogen-bond donors (Lipinski definition) is 4. The van der Waals surface area contributed by atoms with Crippen LogP contribution in [0.4, 0.5) is 5.95 Å². The maximum absolute atomic E-state index is 11.2. The lowest BCUT2D eigenvalue weighted by Crippen LogP contribution is -2.09. The zero-order chi connectivity index (χ0) is 8.55. The molecule has 0 aromatic carbocycles. The zero-order valence-electron chi connectivity index (χ0n) is 5.83. The molecule has 7 heteroatoms. The number of rotatable bonds is 1. The summed E-state index contributed by atoms with van der Waals surface area (Å²) < 4.78 is 2.42. The van der Waals surface area contributed by atoms with Crippen molar-refractivity contribution in [1.82, 2.24) is 19.9 Å². The molecule has 0 saturated heterocycles. The molecule has 12 heavy (non-hydrogen) atoms. The molecule has 0 aliphatic heterocycles. The Morgan fingerprint density at radius 2 is 2.42 bits per heavy atom. The lowest BCUT2D eigenvalue weighted by Gasteiger charge is -1.94. The zero-order valence-corrected chi connectivity index (χ0v) is 6.72. The van der Waals surface area contributed by atoms with E-state index < -0.39 is 0 Å². The molecule has 0 amide bonds. The van der Waals surface area contributed by atoms with Crippen LogP contribution in [-0.4, -0.2) is 19.9 Å². The van der Waals surface area contributed by atoms with Crippen molar-refractivity contribution >= 4 is 29.9 Å². The van der Waals surface area contributed by atoms with Gasteiger partial charge >= 0.3 is 0 Å². The van der Waals surface area contributed by atoms with Crippen molar-refractivity contribution in [2.45, 2.75) is 0 Å². The Bertz CT molecular complexity index is 460. The first-order chi connectivity index (χ1) is 5.81. The van der Waals surface area contributed by atoms with Gasteiger partial charge in [0.2, 0.25) is 5.95 Å². The van der Waals surface area contributed by atoms with Crippen molar-refractivity contribution in [3.63, 3.8) is 0 Å². The van der Waals surface area contributed by atoms with Gasteiger partial charge in [0.1, 0.15) is 0 Å². The van der Waals surface area contributed by atoms with Crippen molar-refractivity contribution in [1.29, 1.82) is 0 Å². The number of H-pyrrole nitrogens is 2. The van der Waals surface area contributed by atoms with Gasteiger partial charge in [0.15, 0.2) is 11.2 Å². The standard InChI is InChI=1S/C5H5N5OS/c11-4-2-3(7-1-6-2)8-5(9-4)10-12/h1,12H,(H3,6,7,8,9,10,11). The smallest absolute Gasteiger partial charge is 0.278 e. The van der Waals surface area contributed by atoms with Crippen molar-refractivity contribution in [3.8, 4) is 0 Å². The normalized spacial score (nSPS) is 10.4. The fraction of sp³-hybridized carbons (Fsp3) is 0. The highest BCUT2D eigenvalue weighted by Crippen LogP contribution is 2.02. The van der Waals surface area contributed by atoms with E-state index in [2.05, 4.69) is 37.5 Å². The highest BCUT2D eigenvalue weighted by atomic mass is 32.1. The van der Waals surface area contributed by atoms with Gasteiger partial charge in [0.05, 0.1) is 6.33 Å². The highest BCUT2D eigenvalue weighted by molar-refractivity contribution is 7.81. The third kappa shape index (κ3) is 0.944. The number of aromatic nitrogens is 4. The van der Waals surface area contributed by atoms with Gasteiger partial charge in [0, 0.05) is 0 Å². The van der Waals surface area contributed by atoms with Crippen LogP contribution in [0.1, 0.15) is 0 Å². The molecule has 0 fully saturated rings. The monoisotopic (exact) mass is 183 g/mol. The Kier molecular flexibility index (Phi) is 1.51. The van der Waals surface area contributed by atoms with Gasteiger partial charge in [0.25, 0.3) is 5.56 Å². The second-order valence-electron chi connectivity index (χ2n) is 2.13. The Hall–Kier alpha value is -1.50. The fourth-order valence-corrected chi connectivity index (χ4v) is 1.00. The minimum absolute atomic E-state index is 0.269. The van der Waals surface area contributed by atoms with E-state index in [1.165, 1.54) is 6.33 Å². The summed E-state index contributed by atoms with van der Waals surface area (Å²) in [6.07, 6.45) is 1.41. The molecule has 0 unspecified atom stereocenters. The second kappa shape index (κ2) is 2.52. The first kappa shape index (κ1) is 7.17. The first-order valence-corrected chi connectivity index (χ1v) is 3.59. The number of nitrogens with one attached hydrogen (secondary N) is 3. The third-order valence-corrected chi connectivity index (χ3v) is 1.61. The maximum Gasteiger partial charge on any atom is 0.278 e. The number of hydrogen-bond acceptors (Lipinski definition) is 5. The van der Waals surface area contributed by atoms with Gasteiger partial charge in [-0.1, -0.05) is 12.8 Å². The van der Waals surface area contributed by atoms with Crippen molar-refractivity contribution < 1.29 is 0 Å². The maximum atomic E-state index is 11.2. The fourth-order valence-electron chi connectivity index (χ4n) is 0.896. The third-order valence-electron chi connectivity index (χ3n) is 1.40. The number of imidazole rings is 1. The van der Waals surface area contributed by atoms with Crippen molar-refractivity contribution in [2.24, 2.45) is 0 Å². The molecule has 6 nitrogen and oxygen atoms in total. The van der Waals surface area contributed by atoms with Gasteiger partial charge in [-0.05, 0) is 0 Å². The average molecular weight is 183 g/mol. The molecule has 0 radical (unpaired) electrons. The molecule has 2 rings (SSSR count). The van der Waals surface area contributed by atoms with E-state index in [0.717, 1.165) is 0 Å². The molecule has 0 aliphatic rings. The van der Waals surface area contributed by atoms with Gasteiger partial charge < -0.3 is 9.71 Å². The summed E-state index contributed by atoms with van der Waals surface area (Å²) in [6, 6.07) is 0. The SMILES string of the molecule is O=c1[nH]c(NS)nc2nc[nH]c12. The quantitative estimate of drug-likeness (QED) is 0.465.